The molecule has 0 saturated heterocycles. The zero-order chi connectivity index (χ0) is 32.6. The van der Waals surface area contributed by atoms with Gasteiger partial charge in [-0.25, -0.2) is 0 Å². The third kappa shape index (κ3) is 4.04. The molecule has 2 aliphatic rings. The van der Waals surface area contributed by atoms with Crippen LogP contribution in [0.2, 0.25) is 0 Å². The van der Waals surface area contributed by atoms with Gasteiger partial charge in [0.05, 0.1) is 33.6 Å². The van der Waals surface area contributed by atoms with Crippen molar-refractivity contribution >= 4 is 66.4 Å². The molecule has 0 bridgehead atoms. The van der Waals surface area contributed by atoms with Crippen molar-refractivity contribution in [1.82, 2.24) is 13.7 Å². The number of fused-ring (bicyclic) bond motifs is 9. The summed E-state index contributed by atoms with van der Waals surface area (Å²) in [5.41, 5.74) is 18.2. The fraction of sp³-hybridized carbons (Fsp3) is 0.0930. The van der Waals surface area contributed by atoms with E-state index in [1.54, 1.807) is 0 Å². The van der Waals surface area contributed by atoms with Gasteiger partial charge in [0.1, 0.15) is 5.84 Å². The molecule has 236 valence electrons. The maximum Gasteiger partial charge on any atom is 0.146 e. The number of nitrogens with two attached hydrogens (primary N) is 2. The van der Waals surface area contributed by atoms with Crippen LogP contribution in [0.15, 0.2) is 144 Å². The number of allylic oxidation sites excluding steroid dienone is 4. The number of aryl methyl sites for hydroxylation is 1. The lowest BCUT2D eigenvalue weighted by Gasteiger charge is -2.23. The molecule has 0 saturated carbocycles. The predicted octanol–water partition coefficient (Wildman–Crippen LogP) is 9.45. The number of rotatable bonds is 4. The summed E-state index contributed by atoms with van der Waals surface area (Å²) in [5.74, 6) is 5.99. The minimum atomic E-state index is 0.1000. The molecule has 8 aromatic rings. The van der Waals surface area contributed by atoms with Crippen LogP contribution in [0.3, 0.4) is 0 Å². The van der Waals surface area contributed by atoms with Crippen LogP contribution in [0.4, 0.5) is 0 Å². The molecule has 10 rings (SSSR count). The number of hydrogen-bond donors (Lipinski definition) is 2. The summed E-state index contributed by atoms with van der Waals surface area (Å²) in [6.45, 7) is 0. The number of aromatic nitrogens is 3. The Morgan fingerprint density at radius 2 is 1.27 bits per heavy atom. The average molecular weight is 635 g/mol. The molecule has 5 aromatic carbocycles. The molecule has 4 N–H and O–H groups in total. The van der Waals surface area contributed by atoms with E-state index >= 15 is 0 Å². The molecule has 49 heavy (non-hydrogen) atoms. The maximum absolute atomic E-state index is 6.20. The van der Waals surface area contributed by atoms with E-state index in [4.69, 9.17) is 11.6 Å². The average Bonchev–Trinajstić information content (AvgIpc) is 3.79. The second kappa shape index (κ2) is 10.6. The standard InChI is InChI=1S/C43H34N6/c44-43(46-45)27-11-9-12-28(23-27)48-39-21-7-3-17-33(39)35-26-42-36(25-41(35)48)34-18-4-8-22-40(34)49(42)30-14-10-13-29(24-30)47-37-19-5-1-15-31(37)32-16-2-6-20-38(32)47/h1-2,4-16,18-22,24-26,28H,3,17,23,45H2,(H2,44,46). The van der Waals surface area contributed by atoms with Crippen LogP contribution in [0.5, 0.6) is 0 Å². The van der Waals surface area contributed by atoms with Gasteiger partial charge in [0.25, 0.3) is 0 Å². The monoisotopic (exact) mass is 634 g/mol. The van der Waals surface area contributed by atoms with E-state index in [1.165, 1.54) is 65.8 Å². The number of benzene rings is 5. The van der Waals surface area contributed by atoms with E-state index in [0.717, 1.165) is 36.2 Å². The topological polar surface area (TPSA) is 79.2 Å². The van der Waals surface area contributed by atoms with E-state index in [1.807, 2.05) is 6.08 Å². The summed E-state index contributed by atoms with van der Waals surface area (Å²) in [6.07, 6.45) is 13.8. The molecule has 0 fully saturated rings. The van der Waals surface area contributed by atoms with Crippen molar-refractivity contribution in [3.05, 3.63) is 150 Å². The number of para-hydroxylation sites is 3. The molecule has 0 amide bonds. The van der Waals surface area contributed by atoms with Crippen LogP contribution in [0.25, 0.3) is 72.0 Å². The zero-order valence-electron chi connectivity index (χ0n) is 26.9. The summed E-state index contributed by atoms with van der Waals surface area (Å²) in [5, 5.41) is 10.1. The summed E-state index contributed by atoms with van der Waals surface area (Å²) in [4.78, 5) is 0. The van der Waals surface area contributed by atoms with Crippen molar-refractivity contribution in [3.8, 4) is 11.4 Å². The zero-order valence-corrected chi connectivity index (χ0v) is 26.9. The second-order valence-electron chi connectivity index (χ2n) is 13.2. The van der Waals surface area contributed by atoms with E-state index in [0.29, 0.717) is 5.84 Å². The molecule has 3 aromatic heterocycles. The highest BCUT2D eigenvalue weighted by Gasteiger charge is 2.26. The van der Waals surface area contributed by atoms with Crippen LogP contribution < -0.4 is 11.6 Å². The summed E-state index contributed by atoms with van der Waals surface area (Å²) >= 11 is 0. The fourth-order valence-corrected chi connectivity index (χ4v) is 8.44. The van der Waals surface area contributed by atoms with Gasteiger partial charge >= 0.3 is 0 Å². The molecule has 6 nitrogen and oxygen atoms in total. The number of amidine groups is 1. The Bertz CT molecular complexity index is 2730. The van der Waals surface area contributed by atoms with Crippen molar-refractivity contribution in [2.45, 2.75) is 25.3 Å². The minimum absolute atomic E-state index is 0.1000. The first-order chi connectivity index (χ1) is 24.2. The SMILES string of the molecule is N/N=C(\N)C1=CC=CC(n2c3c(c4cc5c(cc42)c2ccccc2n5-c2cccc(-n4c5ccccc5c5ccccc54)c2)CCC=C3)C1. The first kappa shape index (κ1) is 27.8. The Kier molecular flexibility index (Phi) is 6.03. The Morgan fingerprint density at radius 1 is 0.653 bits per heavy atom. The van der Waals surface area contributed by atoms with Gasteiger partial charge in [0.15, 0.2) is 0 Å². The summed E-state index contributed by atoms with van der Waals surface area (Å²) < 4.78 is 7.34. The normalized spacial score (nSPS) is 16.4. The largest absolute Gasteiger partial charge is 0.382 e. The number of hydrogen-bond acceptors (Lipinski definition) is 2. The van der Waals surface area contributed by atoms with E-state index < -0.39 is 0 Å². The molecular weight excluding hydrogens is 601 g/mol. The minimum Gasteiger partial charge on any atom is -0.382 e. The highest BCUT2D eigenvalue weighted by Crippen LogP contribution is 2.42. The maximum atomic E-state index is 6.20. The lowest BCUT2D eigenvalue weighted by Crippen LogP contribution is -2.21. The van der Waals surface area contributed by atoms with E-state index in [-0.39, 0.29) is 6.04 Å². The predicted molar refractivity (Wildman–Crippen MR) is 205 cm³/mol. The van der Waals surface area contributed by atoms with E-state index in [9.17, 15) is 0 Å². The Balaban J connectivity index is 1.22. The molecule has 0 radical (unpaired) electrons. The molecule has 1 atom stereocenters. The third-order valence-corrected chi connectivity index (χ3v) is 10.6. The van der Waals surface area contributed by atoms with Crippen molar-refractivity contribution in [3.63, 3.8) is 0 Å². The van der Waals surface area contributed by atoms with Crippen LogP contribution >= 0.6 is 0 Å². The highest BCUT2D eigenvalue weighted by molar-refractivity contribution is 6.14. The fourth-order valence-electron chi connectivity index (χ4n) is 8.44. The third-order valence-electron chi connectivity index (χ3n) is 10.6. The van der Waals surface area contributed by atoms with Crippen molar-refractivity contribution in [2.75, 3.05) is 0 Å². The Labute approximate surface area is 283 Å². The van der Waals surface area contributed by atoms with Crippen molar-refractivity contribution < 1.29 is 0 Å². The van der Waals surface area contributed by atoms with Crippen molar-refractivity contribution in [2.24, 2.45) is 16.7 Å². The van der Waals surface area contributed by atoms with Gasteiger partial charge in [0.2, 0.25) is 0 Å². The molecule has 3 heterocycles. The van der Waals surface area contributed by atoms with E-state index in [2.05, 4.69) is 152 Å². The van der Waals surface area contributed by atoms with Crippen LogP contribution in [-0.4, -0.2) is 19.5 Å². The highest BCUT2D eigenvalue weighted by atomic mass is 15.2. The van der Waals surface area contributed by atoms with Crippen LogP contribution in [-0.2, 0) is 6.42 Å². The Morgan fingerprint density at radius 3 is 1.94 bits per heavy atom. The summed E-state index contributed by atoms with van der Waals surface area (Å²) in [6, 6.07) is 40.1. The molecule has 2 aliphatic carbocycles. The number of hydrazone groups is 1. The lowest BCUT2D eigenvalue weighted by atomic mass is 9.98. The smallest absolute Gasteiger partial charge is 0.146 e. The molecular formula is C43H34N6. The lowest BCUT2D eigenvalue weighted by molar-refractivity contribution is 0.613. The molecule has 0 aliphatic heterocycles. The first-order valence-corrected chi connectivity index (χ1v) is 17.0. The van der Waals surface area contributed by atoms with Gasteiger partial charge < -0.3 is 25.3 Å². The Hall–Kier alpha value is -6.27. The summed E-state index contributed by atoms with van der Waals surface area (Å²) in [7, 11) is 0. The molecule has 1 unspecified atom stereocenters. The second-order valence-corrected chi connectivity index (χ2v) is 13.2. The quantitative estimate of drug-likeness (QED) is 0.0876. The van der Waals surface area contributed by atoms with Gasteiger partial charge in [0, 0.05) is 50.4 Å². The van der Waals surface area contributed by atoms with Crippen LogP contribution in [0, 0.1) is 0 Å². The van der Waals surface area contributed by atoms with Gasteiger partial charge in [-0.05, 0) is 78.6 Å². The number of nitrogens with zero attached hydrogens (tertiary/aromatic N) is 4. The van der Waals surface area contributed by atoms with Crippen molar-refractivity contribution in [1.29, 1.82) is 0 Å². The molecule has 6 heteroatoms. The van der Waals surface area contributed by atoms with Crippen LogP contribution in [0.1, 0.15) is 30.1 Å². The van der Waals surface area contributed by atoms with Gasteiger partial charge in [-0.2, -0.15) is 5.10 Å². The van der Waals surface area contributed by atoms with Gasteiger partial charge in [-0.15, -0.1) is 0 Å². The molecule has 0 spiro atoms. The first-order valence-electron chi connectivity index (χ1n) is 17.0. The van der Waals surface area contributed by atoms with Gasteiger partial charge in [-0.1, -0.05) is 85.0 Å². The van der Waals surface area contributed by atoms with Gasteiger partial charge in [-0.3, -0.25) is 0 Å².